The summed E-state index contributed by atoms with van der Waals surface area (Å²) in [4.78, 5) is 0.667. The maximum atomic E-state index is 13.4. The van der Waals surface area contributed by atoms with Gasteiger partial charge in [-0.15, -0.1) is 10.2 Å². The molecule has 8 heteroatoms. The SMILES string of the molecule is CCn1nc(C)cc1-c1nn2c(-c3cccc(F)c3)nnc2s1. The van der Waals surface area contributed by atoms with Crippen LogP contribution in [0, 0.1) is 12.7 Å². The van der Waals surface area contributed by atoms with Crippen molar-refractivity contribution in [1.29, 1.82) is 0 Å². The van der Waals surface area contributed by atoms with Crippen LogP contribution in [0.2, 0.25) is 0 Å². The van der Waals surface area contributed by atoms with E-state index in [1.807, 2.05) is 24.6 Å². The lowest BCUT2D eigenvalue weighted by molar-refractivity contribution is 0.628. The number of hydrogen-bond donors (Lipinski definition) is 0. The van der Waals surface area contributed by atoms with Crippen LogP contribution in [0.15, 0.2) is 30.3 Å². The van der Waals surface area contributed by atoms with Gasteiger partial charge in [0.05, 0.1) is 11.4 Å². The van der Waals surface area contributed by atoms with Crippen molar-refractivity contribution < 1.29 is 4.39 Å². The Morgan fingerprint density at radius 2 is 2.04 bits per heavy atom. The first kappa shape index (κ1) is 14.0. The van der Waals surface area contributed by atoms with Crippen LogP contribution >= 0.6 is 11.3 Å². The summed E-state index contributed by atoms with van der Waals surface area (Å²) in [6, 6.07) is 8.26. The van der Waals surface area contributed by atoms with E-state index < -0.39 is 0 Å². The minimum Gasteiger partial charge on any atom is -0.262 e. The fraction of sp³-hybridized carbons (Fsp3) is 0.200. The van der Waals surface area contributed by atoms with Crippen molar-refractivity contribution in [2.75, 3.05) is 0 Å². The maximum absolute atomic E-state index is 13.4. The van der Waals surface area contributed by atoms with Gasteiger partial charge in [-0.2, -0.15) is 14.7 Å². The van der Waals surface area contributed by atoms with Crippen molar-refractivity contribution in [3.63, 3.8) is 0 Å². The first-order valence-electron chi connectivity index (χ1n) is 7.18. The van der Waals surface area contributed by atoms with E-state index in [1.54, 1.807) is 16.6 Å². The third-order valence-corrected chi connectivity index (χ3v) is 4.42. The molecule has 4 aromatic rings. The highest BCUT2D eigenvalue weighted by Gasteiger charge is 2.17. The Labute approximate surface area is 135 Å². The molecule has 3 aromatic heterocycles. The van der Waals surface area contributed by atoms with Crippen molar-refractivity contribution in [2.24, 2.45) is 0 Å². The molecule has 0 spiro atoms. The molecular weight excluding hydrogens is 315 g/mol. The lowest BCUT2D eigenvalue weighted by atomic mass is 10.2. The first-order chi connectivity index (χ1) is 11.2. The van der Waals surface area contributed by atoms with E-state index >= 15 is 0 Å². The summed E-state index contributed by atoms with van der Waals surface area (Å²) in [6.07, 6.45) is 0. The lowest BCUT2D eigenvalue weighted by Crippen LogP contribution is -1.99. The smallest absolute Gasteiger partial charge is 0.235 e. The molecule has 23 heavy (non-hydrogen) atoms. The highest BCUT2D eigenvalue weighted by molar-refractivity contribution is 7.19. The van der Waals surface area contributed by atoms with E-state index in [2.05, 4.69) is 20.4 Å². The molecule has 0 N–H and O–H groups in total. The van der Waals surface area contributed by atoms with E-state index in [0.29, 0.717) is 16.3 Å². The lowest BCUT2D eigenvalue weighted by Gasteiger charge is -2.00. The Morgan fingerprint density at radius 3 is 2.83 bits per heavy atom. The third kappa shape index (κ3) is 2.31. The summed E-state index contributed by atoms with van der Waals surface area (Å²) in [7, 11) is 0. The molecule has 0 unspecified atom stereocenters. The van der Waals surface area contributed by atoms with E-state index in [0.717, 1.165) is 22.9 Å². The molecule has 0 aliphatic rings. The van der Waals surface area contributed by atoms with Gasteiger partial charge in [-0.3, -0.25) is 4.68 Å². The minimum atomic E-state index is -0.311. The number of halogens is 1. The number of aryl methyl sites for hydroxylation is 2. The largest absolute Gasteiger partial charge is 0.262 e. The number of fused-ring (bicyclic) bond motifs is 1. The van der Waals surface area contributed by atoms with E-state index in [9.17, 15) is 4.39 Å². The fourth-order valence-electron chi connectivity index (χ4n) is 2.49. The molecule has 6 nitrogen and oxygen atoms in total. The van der Waals surface area contributed by atoms with Gasteiger partial charge in [0.2, 0.25) is 4.96 Å². The zero-order valence-electron chi connectivity index (χ0n) is 12.6. The Kier molecular flexibility index (Phi) is 3.19. The Morgan fingerprint density at radius 1 is 1.17 bits per heavy atom. The number of nitrogens with zero attached hydrogens (tertiary/aromatic N) is 6. The third-order valence-electron chi connectivity index (χ3n) is 3.49. The predicted molar refractivity (Wildman–Crippen MR) is 85.7 cm³/mol. The van der Waals surface area contributed by atoms with Crippen molar-refractivity contribution in [3.8, 4) is 22.1 Å². The second kappa shape index (κ2) is 5.24. The van der Waals surface area contributed by atoms with Gasteiger partial charge in [0, 0.05) is 12.1 Å². The molecule has 0 saturated heterocycles. The van der Waals surface area contributed by atoms with Gasteiger partial charge in [0.15, 0.2) is 10.8 Å². The fourth-order valence-corrected chi connectivity index (χ4v) is 3.35. The van der Waals surface area contributed by atoms with Crippen LogP contribution in [0.25, 0.3) is 27.1 Å². The van der Waals surface area contributed by atoms with Crippen LogP contribution in [0.5, 0.6) is 0 Å². The van der Waals surface area contributed by atoms with Crippen LogP contribution in [0.1, 0.15) is 12.6 Å². The highest BCUT2D eigenvalue weighted by Crippen LogP contribution is 2.28. The molecule has 0 radical (unpaired) electrons. The van der Waals surface area contributed by atoms with Gasteiger partial charge in [-0.25, -0.2) is 4.39 Å². The molecule has 0 atom stereocenters. The van der Waals surface area contributed by atoms with Crippen LogP contribution in [0.4, 0.5) is 4.39 Å². The monoisotopic (exact) mass is 328 g/mol. The zero-order valence-corrected chi connectivity index (χ0v) is 13.4. The van der Waals surface area contributed by atoms with Gasteiger partial charge in [-0.1, -0.05) is 23.5 Å². The summed E-state index contributed by atoms with van der Waals surface area (Å²) < 4.78 is 17.0. The molecule has 0 amide bonds. The molecular formula is C15H13FN6S. The highest BCUT2D eigenvalue weighted by atomic mass is 32.1. The van der Waals surface area contributed by atoms with Crippen LogP contribution in [0.3, 0.4) is 0 Å². The Hall–Kier alpha value is -2.61. The summed E-state index contributed by atoms with van der Waals surface area (Å²) in [5.41, 5.74) is 2.54. The molecule has 0 aliphatic carbocycles. The van der Waals surface area contributed by atoms with Gasteiger partial charge >= 0.3 is 0 Å². The number of benzene rings is 1. The number of aromatic nitrogens is 6. The normalized spacial score (nSPS) is 11.4. The van der Waals surface area contributed by atoms with Crippen molar-refractivity contribution in [1.82, 2.24) is 29.6 Å². The van der Waals surface area contributed by atoms with E-state index in [-0.39, 0.29) is 5.82 Å². The number of hydrogen-bond acceptors (Lipinski definition) is 5. The summed E-state index contributed by atoms with van der Waals surface area (Å²) in [5.74, 6) is 0.218. The molecule has 4 rings (SSSR count). The van der Waals surface area contributed by atoms with Crippen LogP contribution < -0.4 is 0 Å². The zero-order chi connectivity index (χ0) is 16.0. The molecule has 1 aromatic carbocycles. The van der Waals surface area contributed by atoms with Gasteiger partial charge in [0.1, 0.15) is 5.82 Å². The maximum Gasteiger partial charge on any atom is 0.235 e. The quantitative estimate of drug-likeness (QED) is 0.579. The molecule has 0 bridgehead atoms. The summed E-state index contributed by atoms with van der Waals surface area (Å²) in [6.45, 7) is 4.75. The van der Waals surface area contributed by atoms with Crippen LogP contribution in [-0.4, -0.2) is 29.6 Å². The standard InChI is InChI=1S/C15H13FN6S/c1-3-21-12(7-9(2)19-21)14-20-22-13(17-18-15(22)23-14)10-5-4-6-11(16)8-10/h4-8H,3H2,1-2H3. The summed E-state index contributed by atoms with van der Waals surface area (Å²) >= 11 is 1.44. The average molecular weight is 328 g/mol. The van der Waals surface area contributed by atoms with E-state index in [4.69, 9.17) is 0 Å². The minimum absolute atomic E-state index is 0.311. The summed E-state index contributed by atoms with van der Waals surface area (Å²) in [5, 5.41) is 18.1. The van der Waals surface area contributed by atoms with Gasteiger partial charge in [0.25, 0.3) is 0 Å². The van der Waals surface area contributed by atoms with Gasteiger partial charge < -0.3 is 0 Å². The van der Waals surface area contributed by atoms with E-state index in [1.165, 1.54) is 23.5 Å². The second-order valence-electron chi connectivity index (χ2n) is 5.12. The Bertz CT molecular complexity index is 999. The topological polar surface area (TPSA) is 60.9 Å². The van der Waals surface area contributed by atoms with Gasteiger partial charge in [-0.05, 0) is 32.0 Å². The molecule has 0 fully saturated rings. The molecule has 3 heterocycles. The molecule has 0 saturated carbocycles. The number of rotatable bonds is 3. The average Bonchev–Trinajstić information content (AvgIpc) is 3.19. The second-order valence-corrected chi connectivity index (χ2v) is 6.08. The van der Waals surface area contributed by atoms with Crippen molar-refractivity contribution in [3.05, 3.63) is 41.8 Å². The van der Waals surface area contributed by atoms with Crippen molar-refractivity contribution >= 4 is 16.3 Å². The van der Waals surface area contributed by atoms with Crippen molar-refractivity contribution in [2.45, 2.75) is 20.4 Å². The molecule has 0 aliphatic heterocycles. The first-order valence-corrected chi connectivity index (χ1v) is 8.00. The predicted octanol–water partition coefficient (Wildman–Crippen LogP) is 3.18. The molecule has 116 valence electrons. The van der Waals surface area contributed by atoms with Crippen LogP contribution in [-0.2, 0) is 6.54 Å². The Balaban J connectivity index is 1.86.